The number of nitro groups is 1. The molecule has 4 aromatic rings. The highest BCUT2D eigenvalue weighted by Crippen LogP contribution is 2.33. The first-order valence-electron chi connectivity index (χ1n) is 10.2. The molecular weight excluding hydrogens is 436 g/mol. The van der Waals surface area contributed by atoms with Crippen LogP contribution in [0.1, 0.15) is 12.8 Å². The van der Waals surface area contributed by atoms with Crippen LogP contribution < -0.4 is 4.74 Å². The summed E-state index contributed by atoms with van der Waals surface area (Å²) in [5.41, 5.74) is 1.42. The summed E-state index contributed by atoms with van der Waals surface area (Å²) in [6.45, 7) is -0.0446. The Bertz CT molecular complexity index is 1340. The van der Waals surface area contributed by atoms with Gasteiger partial charge in [0.1, 0.15) is 5.75 Å². The van der Waals surface area contributed by atoms with Crippen LogP contribution >= 0.6 is 0 Å². The molecule has 2 heterocycles. The van der Waals surface area contributed by atoms with Crippen molar-refractivity contribution in [2.45, 2.75) is 19.1 Å². The van der Waals surface area contributed by atoms with Crippen molar-refractivity contribution in [2.24, 2.45) is 5.92 Å². The van der Waals surface area contributed by atoms with E-state index < -0.39 is 11.2 Å². The van der Waals surface area contributed by atoms with Crippen molar-refractivity contribution in [3.63, 3.8) is 0 Å². The molecule has 1 aliphatic carbocycles. The molecule has 168 valence electrons. The van der Waals surface area contributed by atoms with E-state index in [1.807, 2.05) is 0 Å². The van der Waals surface area contributed by atoms with Gasteiger partial charge in [0.05, 0.1) is 17.2 Å². The molecule has 33 heavy (non-hydrogen) atoms. The number of halogens is 2. The summed E-state index contributed by atoms with van der Waals surface area (Å²) >= 11 is 0. The van der Waals surface area contributed by atoms with Crippen LogP contribution in [-0.4, -0.2) is 37.4 Å². The lowest BCUT2D eigenvalue weighted by molar-refractivity contribution is -0.384. The Morgan fingerprint density at radius 1 is 1.12 bits per heavy atom. The first-order valence-corrected chi connectivity index (χ1v) is 10.2. The number of rotatable bonds is 8. The van der Waals surface area contributed by atoms with Gasteiger partial charge in [-0.05, 0) is 37.0 Å². The SMILES string of the molecule is O=[N+]([O-])c1cccc(-c2nc3nccc(-c4cccc(OC(F)(F)OCC5CC5)c4)n3n2)c1. The minimum atomic E-state index is -3.74. The van der Waals surface area contributed by atoms with Crippen LogP contribution in [0.25, 0.3) is 28.4 Å². The van der Waals surface area contributed by atoms with E-state index in [9.17, 15) is 18.9 Å². The van der Waals surface area contributed by atoms with Gasteiger partial charge in [-0.2, -0.15) is 9.50 Å². The molecule has 0 saturated heterocycles. The van der Waals surface area contributed by atoms with Crippen LogP contribution in [0.2, 0.25) is 0 Å². The van der Waals surface area contributed by atoms with Crippen LogP contribution in [0.4, 0.5) is 14.5 Å². The van der Waals surface area contributed by atoms with Gasteiger partial charge in [-0.3, -0.25) is 14.9 Å². The Morgan fingerprint density at radius 3 is 2.70 bits per heavy atom. The van der Waals surface area contributed by atoms with E-state index in [-0.39, 0.29) is 35.6 Å². The Morgan fingerprint density at radius 2 is 1.91 bits per heavy atom. The van der Waals surface area contributed by atoms with Gasteiger partial charge < -0.3 is 4.74 Å². The normalized spacial score (nSPS) is 13.9. The maximum Gasteiger partial charge on any atom is 0.535 e. The molecule has 0 amide bonds. The Kier molecular flexibility index (Phi) is 5.17. The molecular formula is C22H17F2N5O4. The first kappa shape index (κ1) is 20.9. The summed E-state index contributed by atoms with van der Waals surface area (Å²) in [6.07, 6.45) is -0.450. The van der Waals surface area contributed by atoms with Crippen LogP contribution in [0.3, 0.4) is 0 Å². The molecule has 0 atom stereocenters. The Balaban J connectivity index is 1.46. The predicted octanol–water partition coefficient (Wildman–Crippen LogP) is 4.72. The van der Waals surface area contributed by atoms with Crippen LogP contribution in [0.5, 0.6) is 5.75 Å². The average Bonchev–Trinajstić information content (AvgIpc) is 3.53. The molecule has 0 bridgehead atoms. The minimum Gasteiger partial charge on any atom is -0.409 e. The van der Waals surface area contributed by atoms with E-state index in [0.717, 1.165) is 12.8 Å². The molecule has 0 aliphatic heterocycles. The van der Waals surface area contributed by atoms with Gasteiger partial charge in [-0.1, -0.05) is 24.3 Å². The third kappa shape index (κ3) is 4.62. The highest BCUT2D eigenvalue weighted by atomic mass is 19.3. The second-order valence-electron chi connectivity index (χ2n) is 7.63. The van der Waals surface area contributed by atoms with Gasteiger partial charge in [0, 0.05) is 29.5 Å². The number of hydrogen-bond acceptors (Lipinski definition) is 7. The second-order valence-corrected chi connectivity index (χ2v) is 7.63. The fourth-order valence-electron chi connectivity index (χ4n) is 3.28. The molecule has 9 nitrogen and oxygen atoms in total. The van der Waals surface area contributed by atoms with Crippen molar-refractivity contribution >= 4 is 11.5 Å². The zero-order valence-electron chi connectivity index (χ0n) is 17.1. The van der Waals surface area contributed by atoms with E-state index in [2.05, 4.69) is 19.8 Å². The van der Waals surface area contributed by atoms with Crippen molar-refractivity contribution in [3.8, 4) is 28.4 Å². The van der Waals surface area contributed by atoms with Gasteiger partial charge in [-0.15, -0.1) is 13.9 Å². The standard InChI is InChI=1S/C22H17F2N5O4/c23-22(24,32-13-14-7-8-14)33-18-6-2-3-15(12-18)19-9-10-25-21-26-20(27-28(19)21)16-4-1-5-17(11-16)29(30)31/h1-6,9-12,14H,7-8,13H2. The lowest BCUT2D eigenvalue weighted by Crippen LogP contribution is -2.29. The predicted molar refractivity (Wildman–Crippen MR) is 113 cm³/mol. The smallest absolute Gasteiger partial charge is 0.409 e. The molecule has 11 heteroatoms. The number of benzene rings is 2. The topological polar surface area (TPSA) is 105 Å². The molecule has 0 unspecified atom stereocenters. The van der Waals surface area contributed by atoms with Crippen LogP contribution in [0, 0.1) is 16.0 Å². The number of alkyl halides is 2. The minimum absolute atomic E-state index is 0.0446. The number of hydrogen-bond donors (Lipinski definition) is 0. The number of non-ortho nitro benzene ring substituents is 1. The molecule has 2 aromatic heterocycles. The lowest BCUT2D eigenvalue weighted by Gasteiger charge is -2.17. The fraction of sp³-hybridized carbons (Fsp3) is 0.227. The summed E-state index contributed by atoms with van der Waals surface area (Å²) in [5, 5.41) is 15.5. The molecule has 5 rings (SSSR count). The quantitative estimate of drug-likeness (QED) is 0.216. The molecule has 0 spiro atoms. The average molecular weight is 453 g/mol. The summed E-state index contributed by atoms with van der Waals surface area (Å²) in [6, 6.07) is 13.7. The molecule has 1 aliphatic rings. The fourth-order valence-corrected chi connectivity index (χ4v) is 3.28. The highest BCUT2D eigenvalue weighted by molar-refractivity contribution is 5.66. The summed E-state index contributed by atoms with van der Waals surface area (Å²) in [7, 11) is 0. The van der Waals surface area contributed by atoms with Crippen molar-refractivity contribution in [1.29, 1.82) is 0 Å². The number of ether oxygens (including phenoxy) is 2. The maximum atomic E-state index is 14.0. The zero-order valence-corrected chi connectivity index (χ0v) is 17.1. The van der Waals surface area contributed by atoms with Crippen molar-refractivity contribution in [1.82, 2.24) is 19.6 Å². The summed E-state index contributed by atoms with van der Waals surface area (Å²) in [5.74, 6) is 0.588. The van der Waals surface area contributed by atoms with Crippen molar-refractivity contribution in [3.05, 3.63) is 70.9 Å². The van der Waals surface area contributed by atoms with E-state index in [1.54, 1.807) is 30.3 Å². The van der Waals surface area contributed by atoms with Crippen LogP contribution in [-0.2, 0) is 4.74 Å². The van der Waals surface area contributed by atoms with Gasteiger partial charge in [0.2, 0.25) is 0 Å². The first-order chi connectivity index (χ1) is 15.9. The third-order valence-corrected chi connectivity index (χ3v) is 5.11. The maximum absolute atomic E-state index is 14.0. The van der Waals surface area contributed by atoms with Crippen molar-refractivity contribution < 1.29 is 23.2 Å². The lowest BCUT2D eigenvalue weighted by atomic mass is 10.1. The number of nitrogens with zero attached hydrogens (tertiary/aromatic N) is 5. The van der Waals surface area contributed by atoms with E-state index >= 15 is 0 Å². The molecule has 0 N–H and O–H groups in total. The molecule has 1 fully saturated rings. The monoisotopic (exact) mass is 453 g/mol. The molecule has 1 saturated carbocycles. The van der Waals surface area contributed by atoms with E-state index in [0.29, 0.717) is 16.8 Å². The highest BCUT2D eigenvalue weighted by Gasteiger charge is 2.36. The number of fused-ring (bicyclic) bond motifs is 1. The number of nitro benzene ring substituents is 1. The van der Waals surface area contributed by atoms with Crippen molar-refractivity contribution in [2.75, 3.05) is 6.61 Å². The van der Waals surface area contributed by atoms with E-state index in [4.69, 9.17) is 4.74 Å². The largest absolute Gasteiger partial charge is 0.535 e. The van der Waals surface area contributed by atoms with Gasteiger partial charge in [0.15, 0.2) is 5.82 Å². The summed E-state index contributed by atoms with van der Waals surface area (Å²) in [4.78, 5) is 19.1. The Hall–Kier alpha value is -3.99. The molecule has 2 aromatic carbocycles. The second kappa shape index (κ2) is 8.17. The summed E-state index contributed by atoms with van der Waals surface area (Å²) < 4.78 is 38.9. The van der Waals surface area contributed by atoms with Gasteiger partial charge in [0.25, 0.3) is 11.5 Å². The third-order valence-electron chi connectivity index (χ3n) is 5.11. The number of aromatic nitrogens is 4. The van der Waals surface area contributed by atoms with E-state index in [1.165, 1.54) is 35.0 Å². The van der Waals surface area contributed by atoms with Gasteiger partial charge >= 0.3 is 6.29 Å². The molecule has 0 radical (unpaired) electrons. The zero-order chi connectivity index (χ0) is 23.0. The van der Waals surface area contributed by atoms with Gasteiger partial charge in [-0.25, -0.2) is 4.98 Å². The Labute approximate surface area is 185 Å². The van der Waals surface area contributed by atoms with Crippen LogP contribution in [0.15, 0.2) is 60.8 Å².